The quantitative estimate of drug-likeness (QED) is 0.186. The summed E-state index contributed by atoms with van der Waals surface area (Å²) < 4.78 is 6.56. The van der Waals surface area contributed by atoms with Crippen LogP contribution in [0.2, 0.25) is 0 Å². The van der Waals surface area contributed by atoms with Gasteiger partial charge in [-0.2, -0.15) is 0 Å². The largest absolute Gasteiger partial charge is 0.465 e. The number of likely N-dealkylation sites (tertiary alicyclic amines) is 1. The van der Waals surface area contributed by atoms with E-state index in [9.17, 15) is 14.7 Å². The van der Waals surface area contributed by atoms with Gasteiger partial charge in [0.2, 0.25) is 17.7 Å². The van der Waals surface area contributed by atoms with Crippen molar-refractivity contribution in [2.75, 3.05) is 23.7 Å². The Morgan fingerprint density at radius 2 is 1.84 bits per heavy atom. The highest BCUT2D eigenvalue weighted by molar-refractivity contribution is 6.04. The molecule has 234 valence electrons. The van der Waals surface area contributed by atoms with E-state index in [2.05, 4.69) is 27.5 Å². The van der Waals surface area contributed by atoms with Crippen LogP contribution in [-0.2, 0) is 4.79 Å². The number of carbonyl (C=O) groups excluding carboxylic acids is 1. The number of ether oxygens (including phenoxy) is 1. The maximum absolute atomic E-state index is 13.2. The van der Waals surface area contributed by atoms with Crippen LogP contribution in [0.4, 0.5) is 16.4 Å². The molecule has 1 saturated carbocycles. The molecule has 2 aromatic carbocycles. The molecule has 2 aromatic heterocycles. The first-order valence-corrected chi connectivity index (χ1v) is 15.8. The molecule has 3 heterocycles. The van der Waals surface area contributed by atoms with Gasteiger partial charge in [-0.05, 0) is 67.9 Å². The number of carboxylic acid groups (broad SMARTS) is 1. The van der Waals surface area contributed by atoms with Crippen LogP contribution in [0.5, 0.6) is 11.6 Å². The van der Waals surface area contributed by atoms with E-state index in [1.54, 1.807) is 18.5 Å². The number of amides is 2. The molecule has 45 heavy (non-hydrogen) atoms. The van der Waals surface area contributed by atoms with Gasteiger partial charge in [0.1, 0.15) is 5.75 Å². The maximum Gasteiger partial charge on any atom is 0.407 e. The number of hydrogen-bond donors (Lipinski definition) is 3. The van der Waals surface area contributed by atoms with Crippen molar-refractivity contribution in [2.24, 2.45) is 5.41 Å². The molecule has 1 atom stereocenters. The normalized spacial score (nSPS) is 17.9. The first-order valence-electron chi connectivity index (χ1n) is 15.8. The number of nitrogens with one attached hydrogen (secondary N) is 2. The van der Waals surface area contributed by atoms with Gasteiger partial charge in [-0.3, -0.25) is 4.79 Å². The summed E-state index contributed by atoms with van der Waals surface area (Å²) in [5.74, 6) is 1.51. The molecule has 0 spiro atoms. The van der Waals surface area contributed by atoms with Crippen molar-refractivity contribution in [3.63, 3.8) is 0 Å². The molecular formula is C35H40N6O4. The first kappa shape index (κ1) is 30.3. The van der Waals surface area contributed by atoms with Crippen molar-refractivity contribution in [3.05, 3.63) is 66.5 Å². The number of nitrogens with zero attached hydrogens (tertiary/aromatic N) is 4. The van der Waals surface area contributed by atoms with E-state index < -0.39 is 6.09 Å². The molecule has 2 aliphatic rings. The summed E-state index contributed by atoms with van der Waals surface area (Å²) in [5.41, 5.74) is 3.07. The van der Waals surface area contributed by atoms with E-state index in [1.165, 1.54) is 24.2 Å². The average Bonchev–Trinajstić information content (AvgIpc) is 3.03. The average molecular weight is 609 g/mol. The van der Waals surface area contributed by atoms with Crippen LogP contribution < -0.4 is 15.4 Å². The minimum absolute atomic E-state index is 0.0408. The van der Waals surface area contributed by atoms with Crippen molar-refractivity contribution in [2.45, 2.75) is 71.3 Å². The molecule has 2 fully saturated rings. The van der Waals surface area contributed by atoms with Crippen LogP contribution in [0.3, 0.4) is 0 Å². The third-order valence-electron chi connectivity index (χ3n) is 9.06. The van der Waals surface area contributed by atoms with Gasteiger partial charge >= 0.3 is 6.09 Å². The molecule has 3 N–H and O–H groups in total. The summed E-state index contributed by atoms with van der Waals surface area (Å²) in [4.78, 5) is 39.8. The lowest BCUT2D eigenvalue weighted by Crippen LogP contribution is -2.44. The number of hydrogen-bond acceptors (Lipinski definition) is 7. The summed E-state index contributed by atoms with van der Waals surface area (Å²) in [7, 11) is 0. The van der Waals surface area contributed by atoms with E-state index in [-0.39, 0.29) is 17.4 Å². The molecule has 10 nitrogen and oxygen atoms in total. The topological polar surface area (TPSA) is 130 Å². The van der Waals surface area contributed by atoms with E-state index in [4.69, 9.17) is 9.72 Å². The Balaban J connectivity index is 1.24. The van der Waals surface area contributed by atoms with Crippen LogP contribution in [0.1, 0.15) is 63.9 Å². The van der Waals surface area contributed by atoms with Gasteiger partial charge < -0.3 is 25.4 Å². The van der Waals surface area contributed by atoms with Crippen molar-refractivity contribution in [3.8, 4) is 22.9 Å². The summed E-state index contributed by atoms with van der Waals surface area (Å²) in [6.45, 7) is 5.13. The number of rotatable bonds is 8. The van der Waals surface area contributed by atoms with Gasteiger partial charge in [-0.1, -0.05) is 50.5 Å². The Morgan fingerprint density at radius 1 is 1.00 bits per heavy atom. The number of fused-ring (bicyclic) bond motifs is 1. The SMILES string of the molecule is Cc1ccc2c(NC(=O)CC3(C)CCCCC3)cccc2c1Oc1ncccc1-c1ccnc(NC2CCCN(C(=O)O)C2)n1. The van der Waals surface area contributed by atoms with E-state index in [0.29, 0.717) is 48.3 Å². The maximum atomic E-state index is 13.2. The van der Waals surface area contributed by atoms with Crippen molar-refractivity contribution >= 4 is 34.4 Å². The summed E-state index contributed by atoms with van der Waals surface area (Å²) >= 11 is 0. The molecular weight excluding hydrogens is 568 g/mol. The van der Waals surface area contributed by atoms with Gasteiger partial charge in [0.05, 0.1) is 11.3 Å². The summed E-state index contributed by atoms with van der Waals surface area (Å²) in [6, 6.07) is 15.3. The number of benzene rings is 2. The molecule has 1 unspecified atom stereocenters. The third-order valence-corrected chi connectivity index (χ3v) is 9.06. The number of carbonyl (C=O) groups is 2. The lowest BCUT2D eigenvalue weighted by Gasteiger charge is -2.32. The number of pyridine rings is 1. The highest BCUT2D eigenvalue weighted by Crippen LogP contribution is 2.41. The van der Waals surface area contributed by atoms with E-state index in [0.717, 1.165) is 47.7 Å². The zero-order valence-corrected chi connectivity index (χ0v) is 25.9. The number of aromatic nitrogens is 3. The third kappa shape index (κ3) is 7.00. The van der Waals surface area contributed by atoms with Crippen molar-refractivity contribution in [1.29, 1.82) is 0 Å². The fourth-order valence-corrected chi connectivity index (χ4v) is 6.64. The Bertz CT molecular complexity index is 1700. The molecule has 1 aliphatic heterocycles. The molecule has 2 amide bonds. The second-order valence-electron chi connectivity index (χ2n) is 12.6. The van der Waals surface area contributed by atoms with E-state index in [1.807, 2.05) is 49.4 Å². The Morgan fingerprint density at radius 3 is 2.67 bits per heavy atom. The molecule has 0 radical (unpaired) electrons. The summed E-state index contributed by atoms with van der Waals surface area (Å²) in [6.07, 6.45) is 10.4. The van der Waals surface area contributed by atoms with Crippen molar-refractivity contribution < 1.29 is 19.4 Å². The Hall–Kier alpha value is -4.73. The van der Waals surface area contributed by atoms with Crippen LogP contribution in [-0.4, -0.2) is 56.1 Å². The van der Waals surface area contributed by atoms with Gasteiger partial charge in [0.15, 0.2) is 0 Å². The zero-order chi connectivity index (χ0) is 31.4. The van der Waals surface area contributed by atoms with Crippen LogP contribution in [0, 0.1) is 12.3 Å². The molecule has 10 heteroatoms. The fourth-order valence-electron chi connectivity index (χ4n) is 6.64. The standard InChI is InChI=1S/C35H40N6O4/c1-23-13-14-25-26(10-6-12-28(25)39-30(42)21-35(2)16-4-3-5-17-35)31(23)45-32-27(11-7-18-36-32)29-15-19-37-33(40-29)38-24-9-8-20-41(22-24)34(43)44/h6-7,10-15,18-19,24H,3-5,8-9,16-17,20-22H2,1-2H3,(H,39,42)(H,43,44)(H,37,38,40). The number of piperidine rings is 1. The zero-order valence-electron chi connectivity index (χ0n) is 25.9. The van der Waals surface area contributed by atoms with Crippen LogP contribution in [0.15, 0.2) is 60.9 Å². The van der Waals surface area contributed by atoms with Gasteiger partial charge in [-0.15, -0.1) is 0 Å². The second kappa shape index (κ2) is 13.1. The Labute approximate surface area is 263 Å². The predicted molar refractivity (Wildman–Crippen MR) is 175 cm³/mol. The van der Waals surface area contributed by atoms with Crippen molar-refractivity contribution in [1.82, 2.24) is 19.9 Å². The highest BCUT2D eigenvalue weighted by Gasteiger charge is 2.29. The number of aryl methyl sites for hydroxylation is 1. The van der Waals surface area contributed by atoms with Crippen LogP contribution >= 0.6 is 0 Å². The van der Waals surface area contributed by atoms with E-state index >= 15 is 0 Å². The van der Waals surface area contributed by atoms with Crippen LogP contribution in [0.25, 0.3) is 22.0 Å². The monoisotopic (exact) mass is 608 g/mol. The molecule has 1 aliphatic carbocycles. The lowest BCUT2D eigenvalue weighted by molar-refractivity contribution is -0.118. The number of anilines is 2. The second-order valence-corrected chi connectivity index (χ2v) is 12.6. The highest BCUT2D eigenvalue weighted by atomic mass is 16.5. The molecule has 0 bridgehead atoms. The minimum atomic E-state index is -0.916. The smallest absolute Gasteiger partial charge is 0.407 e. The van der Waals surface area contributed by atoms with Gasteiger partial charge in [0.25, 0.3) is 0 Å². The predicted octanol–water partition coefficient (Wildman–Crippen LogP) is 7.65. The summed E-state index contributed by atoms with van der Waals surface area (Å²) in [5, 5.41) is 17.7. The minimum Gasteiger partial charge on any atom is -0.465 e. The Kier molecular flexibility index (Phi) is 8.82. The van der Waals surface area contributed by atoms with Gasteiger partial charge in [-0.25, -0.2) is 19.7 Å². The first-order chi connectivity index (χ1) is 21.8. The molecule has 6 rings (SSSR count). The molecule has 4 aromatic rings. The molecule has 1 saturated heterocycles. The fraction of sp³-hybridized carbons (Fsp3) is 0.400. The van der Waals surface area contributed by atoms with Gasteiger partial charge in [0, 0.05) is 54.4 Å². The lowest BCUT2D eigenvalue weighted by atomic mass is 9.73.